The van der Waals surface area contributed by atoms with Gasteiger partial charge in [0, 0.05) is 17.3 Å². The summed E-state index contributed by atoms with van der Waals surface area (Å²) < 4.78 is 6.98. The van der Waals surface area contributed by atoms with Crippen molar-refractivity contribution in [3.05, 3.63) is 65.1 Å². The minimum absolute atomic E-state index is 0.280. The number of ether oxygens (including phenoxy) is 1. The van der Waals surface area contributed by atoms with Crippen LogP contribution in [-0.4, -0.2) is 28.8 Å². The molecule has 3 rings (SSSR count). The lowest BCUT2D eigenvalue weighted by atomic mass is 10.3. The van der Waals surface area contributed by atoms with Gasteiger partial charge < -0.3 is 14.6 Å². The first-order valence-electron chi connectivity index (χ1n) is 7.95. The molecule has 1 amide bonds. The molecule has 0 aliphatic rings. The number of benzene rings is 1. The Morgan fingerprint density at radius 2 is 1.96 bits per heavy atom. The van der Waals surface area contributed by atoms with Crippen molar-refractivity contribution in [1.29, 1.82) is 5.26 Å². The van der Waals surface area contributed by atoms with Crippen molar-refractivity contribution in [3.8, 4) is 11.8 Å². The van der Waals surface area contributed by atoms with Crippen molar-refractivity contribution in [2.75, 3.05) is 17.7 Å². The highest BCUT2D eigenvalue weighted by molar-refractivity contribution is 7.99. The van der Waals surface area contributed by atoms with E-state index in [0.717, 1.165) is 4.90 Å². The van der Waals surface area contributed by atoms with E-state index in [-0.39, 0.29) is 12.4 Å². The van der Waals surface area contributed by atoms with Gasteiger partial charge in [0.25, 0.3) is 5.91 Å². The van der Waals surface area contributed by atoms with Crippen LogP contribution >= 0.6 is 23.1 Å². The molecular weight excluding hydrogens is 382 g/mol. The largest absolute Gasteiger partial charge is 0.451 e. The standard InChI is InChI=1S/C19H15N3O3S2/c20-8-12-26-16-6-2-1-5-14(16)21-17(23)13-25-19(24)18-15(7-11-27-18)22-9-3-4-10-22/h1-7,9-11H,12-13H2,(H,21,23). The molecular formula is C19H15N3O3S2. The second kappa shape index (κ2) is 9.07. The lowest BCUT2D eigenvalue weighted by Gasteiger charge is -2.10. The smallest absolute Gasteiger partial charge is 0.350 e. The van der Waals surface area contributed by atoms with Gasteiger partial charge >= 0.3 is 5.97 Å². The molecule has 2 aromatic heterocycles. The molecule has 0 aliphatic carbocycles. The lowest BCUT2D eigenvalue weighted by Crippen LogP contribution is -2.21. The minimum atomic E-state index is -0.545. The van der Waals surface area contributed by atoms with E-state index < -0.39 is 11.9 Å². The van der Waals surface area contributed by atoms with Crippen LogP contribution in [0.2, 0.25) is 0 Å². The fourth-order valence-electron chi connectivity index (χ4n) is 2.34. The molecule has 136 valence electrons. The maximum Gasteiger partial charge on any atom is 0.350 e. The van der Waals surface area contributed by atoms with Crippen LogP contribution in [0.15, 0.2) is 65.1 Å². The van der Waals surface area contributed by atoms with Crippen molar-refractivity contribution in [3.63, 3.8) is 0 Å². The maximum absolute atomic E-state index is 12.3. The van der Waals surface area contributed by atoms with E-state index in [0.29, 0.717) is 16.3 Å². The number of thiophene rings is 1. The molecule has 2 heterocycles. The molecule has 8 heteroatoms. The number of carbonyl (C=O) groups is 2. The summed E-state index contributed by atoms with van der Waals surface area (Å²) in [5.41, 5.74) is 1.30. The van der Waals surface area contributed by atoms with Crippen LogP contribution in [0.1, 0.15) is 9.67 Å². The van der Waals surface area contributed by atoms with Crippen LogP contribution in [0, 0.1) is 11.3 Å². The van der Waals surface area contributed by atoms with Crippen molar-refractivity contribution >= 4 is 40.7 Å². The first kappa shape index (κ1) is 18.8. The summed E-state index contributed by atoms with van der Waals surface area (Å²) in [7, 11) is 0. The number of carbonyl (C=O) groups excluding carboxylic acids is 2. The van der Waals surface area contributed by atoms with Crippen molar-refractivity contribution in [1.82, 2.24) is 4.57 Å². The Balaban J connectivity index is 1.60. The zero-order valence-electron chi connectivity index (χ0n) is 14.1. The number of hydrogen-bond donors (Lipinski definition) is 1. The number of hydrogen-bond acceptors (Lipinski definition) is 6. The third-order valence-corrected chi connectivity index (χ3v) is 5.32. The topological polar surface area (TPSA) is 84.1 Å². The number of nitrogens with one attached hydrogen (secondary N) is 1. The SMILES string of the molecule is N#CCSc1ccccc1NC(=O)COC(=O)c1sccc1-n1cccc1. The third-order valence-electron chi connectivity index (χ3n) is 3.50. The average molecular weight is 397 g/mol. The van der Waals surface area contributed by atoms with Gasteiger partial charge in [0.15, 0.2) is 6.61 Å². The van der Waals surface area contributed by atoms with Crippen LogP contribution < -0.4 is 5.32 Å². The third kappa shape index (κ3) is 4.78. The summed E-state index contributed by atoms with van der Waals surface area (Å²) in [6.45, 7) is -0.390. The van der Waals surface area contributed by atoms with Gasteiger partial charge in [0.1, 0.15) is 4.88 Å². The number of anilines is 1. The van der Waals surface area contributed by atoms with Crippen LogP contribution in [0.3, 0.4) is 0 Å². The van der Waals surface area contributed by atoms with E-state index in [1.165, 1.54) is 23.1 Å². The van der Waals surface area contributed by atoms with Crippen LogP contribution in [0.4, 0.5) is 5.69 Å². The zero-order valence-corrected chi connectivity index (χ0v) is 15.8. The summed E-state index contributed by atoms with van der Waals surface area (Å²) >= 11 is 2.59. The van der Waals surface area contributed by atoms with Gasteiger partial charge in [-0.3, -0.25) is 4.79 Å². The molecule has 0 bridgehead atoms. The Labute approximate surface area is 164 Å². The zero-order chi connectivity index (χ0) is 19.1. The Hall–Kier alpha value is -3.02. The molecule has 1 N–H and O–H groups in total. The van der Waals surface area contributed by atoms with Crippen molar-refractivity contribution in [2.45, 2.75) is 4.90 Å². The van der Waals surface area contributed by atoms with Gasteiger partial charge in [0.05, 0.1) is 23.2 Å². The van der Waals surface area contributed by atoms with Crippen molar-refractivity contribution in [2.24, 2.45) is 0 Å². The Morgan fingerprint density at radius 1 is 1.19 bits per heavy atom. The predicted octanol–water partition coefficient (Wildman–Crippen LogP) is 3.95. The van der Waals surface area contributed by atoms with Gasteiger partial charge in [-0.2, -0.15) is 5.26 Å². The van der Waals surface area contributed by atoms with E-state index in [1.54, 1.807) is 17.5 Å². The van der Waals surface area contributed by atoms with Gasteiger partial charge in [-0.1, -0.05) is 12.1 Å². The molecule has 0 saturated carbocycles. The first-order chi connectivity index (χ1) is 13.2. The number of nitriles is 1. The number of amides is 1. The summed E-state index contributed by atoms with van der Waals surface area (Å²) in [6, 6.07) is 14.8. The van der Waals surface area contributed by atoms with Crippen LogP contribution in [0.25, 0.3) is 5.69 Å². The van der Waals surface area contributed by atoms with E-state index in [2.05, 4.69) is 5.32 Å². The number of nitrogens with zero attached hydrogens (tertiary/aromatic N) is 2. The second-order valence-corrected chi connectivity index (χ2v) is 7.23. The van der Waals surface area contributed by atoms with Gasteiger partial charge in [-0.15, -0.1) is 23.1 Å². The van der Waals surface area contributed by atoms with Gasteiger partial charge in [0.2, 0.25) is 0 Å². The monoisotopic (exact) mass is 397 g/mol. The number of thioether (sulfide) groups is 1. The van der Waals surface area contributed by atoms with Gasteiger partial charge in [-0.25, -0.2) is 4.79 Å². The molecule has 0 fully saturated rings. The summed E-state index contributed by atoms with van der Waals surface area (Å²) in [5, 5.41) is 13.2. The van der Waals surface area contributed by atoms with Crippen molar-refractivity contribution < 1.29 is 14.3 Å². The van der Waals surface area contributed by atoms with Crippen LogP contribution in [0.5, 0.6) is 0 Å². The van der Waals surface area contributed by atoms with Crippen LogP contribution in [-0.2, 0) is 9.53 Å². The highest BCUT2D eigenvalue weighted by Crippen LogP contribution is 2.26. The molecule has 0 atom stereocenters. The maximum atomic E-state index is 12.3. The molecule has 6 nitrogen and oxygen atoms in total. The summed E-state index contributed by atoms with van der Waals surface area (Å²) in [4.78, 5) is 25.7. The predicted molar refractivity (Wildman–Crippen MR) is 105 cm³/mol. The fourth-order valence-corrected chi connectivity index (χ4v) is 3.79. The second-order valence-electron chi connectivity index (χ2n) is 5.29. The van der Waals surface area contributed by atoms with E-state index in [4.69, 9.17) is 10.00 Å². The molecule has 0 saturated heterocycles. The normalized spacial score (nSPS) is 10.2. The molecule has 0 aliphatic heterocycles. The quantitative estimate of drug-likeness (QED) is 0.482. The molecule has 3 aromatic rings. The Bertz CT molecular complexity index is 974. The number of esters is 1. The fraction of sp³-hybridized carbons (Fsp3) is 0.105. The van der Waals surface area contributed by atoms with E-state index in [1.807, 2.05) is 53.4 Å². The number of aromatic nitrogens is 1. The molecule has 1 aromatic carbocycles. The Morgan fingerprint density at radius 3 is 2.74 bits per heavy atom. The average Bonchev–Trinajstić information content (AvgIpc) is 3.36. The summed E-state index contributed by atoms with van der Waals surface area (Å²) in [6.07, 6.45) is 3.67. The highest BCUT2D eigenvalue weighted by atomic mass is 32.2. The van der Waals surface area contributed by atoms with Gasteiger partial charge in [-0.05, 0) is 35.7 Å². The molecule has 0 unspecified atom stereocenters. The number of para-hydroxylation sites is 1. The minimum Gasteiger partial charge on any atom is -0.451 e. The molecule has 0 spiro atoms. The lowest BCUT2D eigenvalue weighted by molar-refractivity contribution is -0.119. The van der Waals surface area contributed by atoms with E-state index in [9.17, 15) is 9.59 Å². The number of rotatable bonds is 7. The van der Waals surface area contributed by atoms with E-state index >= 15 is 0 Å². The molecule has 27 heavy (non-hydrogen) atoms. The highest BCUT2D eigenvalue weighted by Gasteiger charge is 2.17. The Kier molecular flexibility index (Phi) is 6.30. The molecule has 0 radical (unpaired) electrons. The first-order valence-corrected chi connectivity index (χ1v) is 9.82. The summed E-state index contributed by atoms with van der Waals surface area (Å²) in [5.74, 6) is -0.703.